The highest BCUT2D eigenvalue weighted by Gasteiger charge is 2.54. The van der Waals surface area contributed by atoms with Crippen LogP contribution in [-0.4, -0.2) is 46.2 Å². The number of nitrogens with one attached hydrogen (secondary N) is 1. The van der Waals surface area contributed by atoms with Crippen LogP contribution in [0.15, 0.2) is 71.5 Å². The Bertz CT molecular complexity index is 1280. The fourth-order valence-corrected chi connectivity index (χ4v) is 6.56. The second-order valence-corrected chi connectivity index (χ2v) is 9.90. The van der Waals surface area contributed by atoms with Crippen LogP contribution >= 0.6 is 0 Å². The molecule has 1 saturated heterocycles. The number of aromatic nitrogens is 1. The van der Waals surface area contributed by atoms with E-state index in [1.165, 1.54) is 11.1 Å². The molecule has 0 unspecified atom stereocenters. The summed E-state index contributed by atoms with van der Waals surface area (Å²) in [7, 11) is 1.95. The molecule has 0 bridgehead atoms. The first-order chi connectivity index (χ1) is 16.6. The monoisotopic (exact) mass is 455 g/mol. The number of hydrogen-bond acceptors (Lipinski definition) is 4. The molecule has 0 spiro atoms. The van der Waals surface area contributed by atoms with E-state index in [4.69, 9.17) is 0 Å². The molecular formula is C28H29N3O3. The summed E-state index contributed by atoms with van der Waals surface area (Å²) in [5.74, 6) is -0.230. The van der Waals surface area contributed by atoms with Crippen molar-refractivity contribution in [2.24, 2.45) is 11.8 Å². The van der Waals surface area contributed by atoms with Gasteiger partial charge in [0, 0.05) is 42.3 Å². The topological polar surface area (TPSA) is 74.6 Å². The van der Waals surface area contributed by atoms with E-state index in [-0.39, 0.29) is 42.0 Å². The Morgan fingerprint density at radius 1 is 1.00 bits per heavy atom. The number of benzene rings is 2. The normalized spacial score (nSPS) is 25.7. The third-order valence-electron chi connectivity index (χ3n) is 8.10. The molecule has 174 valence electrons. The zero-order valence-electron chi connectivity index (χ0n) is 19.2. The molecule has 1 aromatic heterocycles. The highest BCUT2D eigenvalue weighted by atomic mass is 16.3. The number of likely N-dealkylation sites (tertiary alicyclic amines) is 1. The number of carbonyl (C=O) groups is 1. The largest absolute Gasteiger partial charge is 0.396 e. The van der Waals surface area contributed by atoms with Gasteiger partial charge in [0.1, 0.15) is 0 Å². The Morgan fingerprint density at radius 2 is 1.68 bits per heavy atom. The number of fused-ring (bicyclic) bond motifs is 4. The Balaban J connectivity index is 1.26. The Labute approximate surface area is 198 Å². The molecule has 3 aliphatic rings. The lowest BCUT2D eigenvalue weighted by Crippen LogP contribution is -2.50. The second-order valence-electron chi connectivity index (χ2n) is 9.90. The molecule has 4 atom stereocenters. The van der Waals surface area contributed by atoms with Crippen LogP contribution in [0.5, 0.6) is 0 Å². The number of carbonyl (C=O) groups excluding carboxylic acids is 1. The first kappa shape index (κ1) is 21.3. The standard InChI is InChI=1S/C28H29N3O3/c1-30-25-22(15-31-24(25)12-11-21(28(31)34)17-7-3-2-4-8-17)23(16-32)26(30)27(33)29-20-13-18-9-5-6-10-19(18)14-20/h2-12,20,22-23,25-26,32H,13-16H2,1H3,(H,29,33)/t22-,23-,25+,26-/m1/s1. The zero-order valence-corrected chi connectivity index (χ0v) is 19.2. The Kier molecular flexibility index (Phi) is 5.15. The number of hydrogen-bond donors (Lipinski definition) is 2. The summed E-state index contributed by atoms with van der Waals surface area (Å²) in [6.45, 7) is 0.441. The lowest BCUT2D eigenvalue weighted by Gasteiger charge is -2.28. The van der Waals surface area contributed by atoms with Crippen molar-refractivity contribution < 1.29 is 9.90 Å². The number of amides is 1. The molecule has 2 aliphatic heterocycles. The van der Waals surface area contributed by atoms with Gasteiger partial charge in [0.15, 0.2) is 0 Å². The van der Waals surface area contributed by atoms with E-state index in [0.29, 0.717) is 12.1 Å². The molecule has 1 fully saturated rings. The van der Waals surface area contributed by atoms with Crippen LogP contribution < -0.4 is 10.9 Å². The van der Waals surface area contributed by atoms with Gasteiger partial charge in [0.25, 0.3) is 5.56 Å². The summed E-state index contributed by atoms with van der Waals surface area (Å²) in [5, 5.41) is 13.6. The summed E-state index contributed by atoms with van der Waals surface area (Å²) in [4.78, 5) is 28.9. The minimum Gasteiger partial charge on any atom is -0.396 e. The average molecular weight is 456 g/mol. The van der Waals surface area contributed by atoms with E-state index < -0.39 is 6.04 Å². The third-order valence-corrected chi connectivity index (χ3v) is 8.10. The van der Waals surface area contributed by atoms with Gasteiger partial charge in [-0.25, -0.2) is 0 Å². The van der Waals surface area contributed by atoms with E-state index in [1.807, 2.05) is 66.2 Å². The molecule has 6 heteroatoms. The average Bonchev–Trinajstić information content (AvgIpc) is 3.51. The minimum atomic E-state index is -0.415. The van der Waals surface area contributed by atoms with Gasteiger partial charge < -0.3 is 15.0 Å². The molecule has 2 aromatic carbocycles. The number of aliphatic hydroxyl groups excluding tert-OH is 1. The third kappa shape index (κ3) is 3.24. The van der Waals surface area contributed by atoms with Gasteiger partial charge in [-0.2, -0.15) is 0 Å². The molecule has 0 radical (unpaired) electrons. The number of aliphatic hydroxyl groups is 1. The minimum absolute atomic E-state index is 0.00656. The molecule has 2 N–H and O–H groups in total. The summed E-state index contributed by atoms with van der Waals surface area (Å²) >= 11 is 0. The predicted molar refractivity (Wildman–Crippen MR) is 130 cm³/mol. The van der Waals surface area contributed by atoms with Crippen LogP contribution in [0.2, 0.25) is 0 Å². The maximum atomic E-state index is 13.4. The maximum absolute atomic E-state index is 13.4. The highest BCUT2D eigenvalue weighted by Crippen LogP contribution is 2.48. The summed E-state index contributed by atoms with van der Waals surface area (Å²) < 4.78 is 1.85. The first-order valence-corrected chi connectivity index (χ1v) is 12.1. The lowest BCUT2D eigenvalue weighted by molar-refractivity contribution is -0.127. The van der Waals surface area contributed by atoms with Gasteiger partial charge >= 0.3 is 0 Å². The predicted octanol–water partition coefficient (Wildman–Crippen LogP) is 2.39. The van der Waals surface area contributed by atoms with Crippen LogP contribution in [-0.2, 0) is 24.2 Å². The van der Waals surface area contributed by atoms with Gasteiger partial charge in [-0.05, 0) is 48.7 Å². The number of pyridine rings is 1. The summed E-state index contributed by atoms with van der Waals surface area (Å²) in [6, 6.07) is 21.6. The van der Waals surface area contributed by atoms with Crippen molar-refractivity contribution in [2.75, 3.05) is 13.7 Å². The number of likely N-dealkylation sites (N-methyl/N-ethyl adjacent to an activating group) is 1. The van der Waals surface area contributed by atoms with Crippen molar-refractivity contribution in [1.29, 1.82) is 0 Å². The van der Waals surface area contributed by atoms with Crippen molar-refractivity contribution in [3.63, 3.8) is 0 Å². The molecule has 6 nitrogen and oxygen atoms in total. The van der Waals surface area contributed by atoms with Crippen molar-refractivity contribution in [1.82, 2.24) is 14.8 Å². The number of nitrogens with zero attached hydrogens (tertiary/aromatic N) is 2. The van der Waals surface area contributed by atoms with Gasteiger partial charge in [-0.3, -0.25) is 14.5 Å². The molecule has 6 rings (SSSR count). The SMILES string of the molecule is CN1[C@@H]2c3ccc(-c4ccccc4)c(=O)n3C[C@@H]2[C@@H](CO)[C@@H]1C(=O)NC1Cc2ccccc2C1. The smallest absolute Gasteiger partial charge is 0.258 e. The highest BCUT2D eigenvalue weighted by molar-refractivity contribution is 5.83. The summed E-state index contributed by atoms with van der Waals surface area (Å²) in [6.07, 6.45) is 1.69. The van der Waals surface area contributed by atoms with Crippen molar-refractivity contribution >= 4 is 5.91 Å². The maximum Gasteiger partial charge on any atom is 0.258 e. The van der Waals surface area contributed by atoms with Gasteiger partial charge in [-0.1, -0.05) is 54.6 Å². The molecule has 1 aliphatic carbocycles. The van der Waals surface area contributed by atoms with E-state index in [2.05, 4.69) is 22.3 Å². The van der Waals surface area contributed by atoms with Crippen molar-refractivity contribution in [2.45, 2.75) is 37.5 Å². The Hall–Kier alpha value is -3.22. The van der Waals surface area contributed by atoms with Crippen molar-refractivity contribution in [3.8, 4) is 11.1 Å². The zero-order chi connectivity index (χ0) is 23.4. The van der Waals surface area contributed by atoms with E-state index >= 15 is 0 Å². The first-order valence-electron chi connectivity index (χ1n) is 12.1. The van der Waals surface area contributed by atoms with Crippen LogP contribution in [0.4, 0.5) is 0 Å². The Morgan fingerprint density at radius 3 is 2.35 bits per heavy atom. The van der Waals surface area contributed by atoms with E-state index in [9.17, 15) is 14.7 Å². The van der Waals surface area contributed by atoms with E-state index in [1.54, 1.807) is 0 Å². The molecule has 0 saturated carbocycles. The van der Waals surface area contributed by atoms with Gasteiger partial charge in [0.05, 0.1) is 12.1 Å². The van der Waals surface area contributed by atoms with Crippen LogP contribution in [0.1, 0.15) is 22.9 Å². The van der Waals surface area contributed by atoms with Gasteiger partial charge in [-0.15, -0.1) is 0 Å². The number of rotatable bonds is 4. The quantitative estimate of drug-likeness (QED) is 0.634. The molecule has 3 heterocycles. The van der Waals surface area contributed by atoms with Crippen LogP contribution in [0.3, 0.4) is 0 Å². The fourth-order valence-electron chi connectivity index (χ4n) is 6.56. The second kappa shape index (κ2) is 8.22. The lowest BCUT2D eigenvalue weighted by atomic mass is 9.88. The van der Waals surface area contributed by atoms with Crippen LogP contribution in [0, 0.1) is 11.8 Å². The van der Waals surface area contributed by atoms with E-state index in [0.717, 1.165) is 24.1 Å². The molecule has 1 amide bonds. The molecular weight excluding hydrogens is 426 g/mol. The molecule has 3 aromatic rings. The van der Waals surface area contributed by atoms with Gasteiger partial charge in [0.2, 0.25) is 5.91 Å². The van der Waals surface area contributed by atoms with Crippen LogP contribution in [0.25, 0.3) is 11.1 Å². The molecule has 34 heavy (non-hydrogen) atoms. The summed E-state index contributed by atoms with van der Waals surface area (Å²) in [5.41, 5.74) is 5.10. The fraction of sp³-hybridized carbons (Fsp3) is 0.357. The van der Waals surface area contributed by atoms with Crippen molar-refractivity contribution in [3.05, 3.63) is 93.9 Å².